The first-order valence-electron chi connectivity index (χ1n) is 5.81. The van der Waals surface area contributed by atoms with Crippen LogP contribution in [0.15, 0.2) is 24.3 Å². The van der Waals surface area contributed by atoms with Gasteiger partial charge < -0.3 is 10.6 Å². The summed E-state index contributed by atoms with van der Waals surface area (Å²) >= 11 is 0. The van der Waals surface area contributed by atoms with Gasteiger partial charge in [0.05, 0.1) is 6.54 Å². The molecule has 1 amide bonds. The number of likely N-dealkylation sites (N-methyl/N-ethyl adjacent to an activating group) is 2. The molecule has 1 aromatic rings. The Morgan fingerprint density at radius 2 is 1.83 bits per heavy atom. The van der Waals surface area contributed by atoms with Crippen LogP contribution in [0.5, 0.6) is 0 Å². The van der Waals surface area contributed by atoms with Gasteiger partial charge in [-0.1, -0.05) is 12.1 Å². The highest BCUT2D eigenvalue weighted by Crippen LogP contribution is 2.18. The molecule has 5 heteroatoms. The molecule has 0 aliphatic rings. The van der Waals surface area contributed by atoms with E-state index in [0.717, 1.165) is 5.56 Å². The number of hydrogen-bond donors (Lipinski definition) is 1. The molecular weight excluding hydrogens is 233 g/mol. The SMILES string of the molecule is CN(C)C(=O)CN(C)C(CN)c1ccc(F)cc1. The van der Waals surface area contributed by atoms with Crippen molar-refractivity contribution in [1.29, 1.82) is 0 Å². The van der Waals surface area contributed by atoms with Crippen molar-refractivity contribution in [3.63, 3.8) is 0 Å². The number of amides is 1. The van der Waals surface area contributed by atoms with Crippen molar-refractivity contribution in [2.45, 2.75) is 6.04 Å². The minimum absolute atomic E-state index is 0.0121. The summed E-state index contributed by atoms with van der Waals surface area (Å²) in [5.41, 5.74) is 6.65. The standard InChI is InChI=1S/C13H20FN3O/c1-16(2)13(18)9-17(3)12(8-15)10-4-6-11(14)7-5-10/h4-7,12H,8-9,15H2,1-3H3. The van der Waals surface area contributed by atoms with Gasteiger partial charge in [-0.2, -0.15) is 0 Å². The monoisotopic (exact) mass is 253 g/mol. The fourth-order valence-electron chi connectivity index (χ4n) is 1.72. The maximum Gasteiger partial charge on any atom is 0.236 e. The molecule has 0 fully saturated rings. The Hall–Kier alpha value is -1.46. The Morgan fingerprint density at radius 1 is 1.28 bits per heavy atom. The van der Waals surface area contributed by atoms with Crippen LogP contribution in [0.3, 0.4) is 0 Å². The van der Waals surface area contributed by atoms with Crippen molar-refractivity contribution >= 4 is 5.91 Å². The smallest absolute Gasteiger partial charge is 0.236 e. The number of carbonyl (C=O) groups is 1. The molecular formula is C13H20FN3O. The topological polar surface area (TPSA) is 49.6 Å². The molecule has 1 rings (SSSR count). The zero-order valence-corrected chi connectivity index (χ0v) is 11.1. The number of rotatable bonds is 5. The highest BCUT2D eigenvalue weighted by atomic mass is 19.1. The second-order valence-electron chi connectivity index (χ2n) is 4.51. The molecule has 0 aromatic heterocycles. The summed E-state index contributed by atoms with van der Waals surface area (Å²) in [5.74, 6) is -0.264. The van der Waals surface area contributed by atoms with Crippen molar-refractivity contribution in [1.82, 2.24) is 9.80 Å². The third kappa shape index (κ3) is 3.78. The molecule has 0 aliphatic carbocycles. The van der Waals surface area contributed by atoms with Gasteiger partial charge in [0.15, 0.2) is 0 Å². The lowest BCUT2D eigenvalue weighted by Crippen LogP contribution is -2.38. The van der Waals surface area contributed by atoms with E-state index in [1.54, 1.807) is 26.2 Å². The lowest BCUT2D eigenvalue weighted by atomic mass is 10.1. The Bertz CT molecular complexity index is 392. The first-order valence-corrected chi connectivity index (χ1v) is 5.81. The Kier molecular flexibility index (Phi) is 5.25. The summed E-state index contributed by atoms with van der Waals surface area (Å²) in [4.78, 5) is 15.0. The van der Waals surface area contributed by atoms with Crippen molar-refractivity contribution in [2.75, 3.05) is 34.2 Å². The predicted molar refractivity (Wildman–Crippen MR) is 69.5 cm³/mol. The average molecular weight is 253 g/mol. The van der Waals surface area contributed by atoms with Gasteiger partial charge >= 0.3 is 0 Å². The number of nitrogens with zero attached hydrogens (tertiary/aromatic N) is 2. The van der Waals surface area contributed by atoms with E-state index >= 15 is 0 Å². The van der Waals surface area contributed by atoms with E-state index in [1.807, 2.05) is 11.9 Å². The minimum Gasteiger partial charge on any atom is -0.348 e. The fourth-order valence-corrected chi connectivity index (χ4v) is 1.72. The van der Waals surface area contributed by atoms with E-state index in [-0.39, 0.29) is 24.3 Å². The largest absolute Gasteiger partial charge is 0.348 e. The maximum atomic E-state index is 12.9. The zero-order chi connectivity index (χ0) is 13.7. The van der Waals surface area contributed by atoms with Gasteiger partial charge in [-0.3, -0.25) is 9.69 Å². The summed E-state index contributed by atoms with van der Waals surface area (Å²) in [6.07, 6.45) is 0. The summed E-state index contributed by atoms with van der Waals surface area (Å²) in [6.45, 7) is 0.662. The zero-order valence-electron chi connectivity index (χ0n) is 11.1. The Balaban J connectivity index is 2.76. The van der Waals surface area contributed by atoms with E-state index in [2.05, 4.69) is 0 Å². The summed E-state index contributed by atoms with van der Waals surface area (Å²) in [6, 6.07) is 6.11. The molecule has 1 unspecified atom stereocenters. The Morgan fingerprint density at radius 3 is 2.28 bits per heavy atom. The molecule has 0 aliphatic heterocycles. The average Bonchev–Trinajstić information content (AvgIpc) is 2.32. The van der Waals surface area contributed by atoms with Crippen LogP contribution in [0.2, 0.25) is 0 Å². The van der Waals surface area contributed by atoms with E-state index in [9.17, 15) is 9.18 Å². The molecule has 0 bridgehead atoms. The lowest BCUT2D eigenvalue weighted by molar-refractivity contribution is -0.130. The van der Waals surface area contributed by atoms with Crippen molar-refractivity contribution < 1.29 is 9.18 Å². The third-order valence-corrected chi connectivity index (χ3v) is 2.89. The van der Waals surface area contributed by atoms with E-state index in [1.165, 1.54) is 17.0 Å². The quantitative estimate of drug-likeness (QED) is 0.846. The molecule has 0 saturated heterocycles. The Labute approximate surface area is 107 Å². The normalized spacial score (nSPS) is 12.6. The number of carbonyl (C=O) groups excluding carboxylic acids is 1. The van der Waals surface area contributed by atoms with Crippen LogP contribution in [0.1, 0.15) is 11.6 Å². The molecule has 1 aromatic carbocycles. The molecule has 4 nitrogen and oxygen atoms in total. The molecule has 0 saturated carbocycles. The molecule has 1 atom stereocenters. The molecule has 2 N–H and O–H groups in total. The minimum atomic E-state index is -0.276. The molecule has 0 spiro atoms. The van der Waals surface area contributed by atoms with Gasteiger partial charge in [0, 0.05) is 26.7 Å². The maximum absolute atomic E-state index is 12.9. The molecule has 18 heavy (non-hydrogen) atoms. The first kappa shape index (κ1) is 14.6. The van der Waals surface area contributed by atoms with Crippen LogP contribution < -0.4 is 5.73 Å². The van der Waals surface area contributed by atoms with Crippen LogP contribution >= 0.6 is 0 Å². The number of halogens is 1. The van der Waals surface area contributed by atoms with Crippen molar-refractivity contribution in [2.24, 2.45) is 5.73 Å². The summed E-state index contributed by atoms with van der Waals surface area (Å²) in [5, 5.41) is 0. The first-order chi connectivity index (χ1) is 8.45. The van der Waals surface area contributed by atoms with Gasteiger partial charge in [-0.25, -0.2) is 4.39 Å². The van der Waals surface area contributed by atoms with Crippen LogP contribution in [-0.4, -0.2) is 49.9 Å². The van der Waals surface area contributed by atoms with Crippen LogP contribution in [0.25, 0.3) is 0 Å². The van der Waals surface area contributed by atoms with Crippen LogP contribution in [0, 0.1) is 5.82 Å². The lowest BCUT2D eigenvalue weighted by Gasteiger charge is -2.27. The van der Waals surface area contributed by atoms with Crippen molar-refractivity contribution in [3.8, 4) is 0 Å². The van der Waals surface area contributed by atoms with Crippen LogP contribution in [0.4, 0.5) is 4.39 Å². The van der Waals surface area contributed by atoms with Gasteiger partial charge in [0.2, 0.25) is 5.91 Å². The number of nitrogens with two attached hydrogens (primary N) is 1. The summed E-state index contributed by atoms with van der Waals surface area (Å²) < 4.78 is 12.9. The highest BCUT2D eigenvalue weighted by Gasteiger charge is 2.18. The number of hydrogen-bond acceptors (Lipinski definition) is 3. The second kappa shape index (κ2) is 6.47. The third-order valence-electron chi connectivity index (χ3n) is 2.89. The number of benzene rings is 1. The van der Waals surface area contributed by atoms with Crippen LogP contribution in [-0.2, 0) is 4.79 Å². The fraction of sp³-hybridized carbons (Fsp3) is 0.462. The highest BCUT2D eigenvalue weighted by molar-refractivity contribution is 5.77. The predicted octanol–water partition coefficient (Wildman–Crippen LogP) is 0.846. The van der Waals surface area contributed by atoms with Crippen molar-refractivity contribution in [3.05, 3.63) is 35.6 Å². The van der Waals surface area contributed by atoms with E-state index < -0.39 is 0 Å². The van der Waals surface area contributed by atoms with Gasteiger partial charge in [0.25, 0.3) is 0 Å². The van der Waals surface area contributed by atoms with Gasteiger partial charge in [-0.15, -0.1) is 0 Å². The second-order valence-corrected chi connectivity index (χ2v) is 4.51. The van der Waals surface area contributed by atoms with Gasteiger partial charge in [-0.05, 0) is 24.7 Å². The van der Waals surface area contributed by atoms with E-state index in [4.69, 9.17) is 5.73 Å². The molecule has 0 radical (unpaired) electrons. The van der Waals surface area contributed by atoms with E-state index in [0.29, 0.717) is 6.54 Å². The summed E-state index contributed by atoms with van der Waals surface area (Å²) in [7, 11) is 5.26. The molecule has 0 heterocycles. The molecule has 100 valence electrons. The van der Waals surface area contributed by atoms with Gasteiger partial charge in [0.1, 0.15) is 5.82 Å².